The Morgan fingerprint density at radius 2 is 2.40 bits per heavy atom. The fraction of sp³-hybridized carbons (Fsp3) is 0.667. The minimum absolute atomic E-state index is 0.102. The Kier molecular flexibility index (Phi) is 2.86. The van der Waals surface area contributed by atoms with Gasteiger partial charge in [0.2, 0.25) is 10.1 Å². The van der Waals surface area contributed by atoms with Crippen molar-refractivity contribution in [2.24, 2.45) is 5.92 Å². The molecule has 2 N–H and O–H groups in total. The Bertz CT molecular complexity index is 365. The van der Waals surface area contributed by atoms with E-state index in [1.165, 1.54) is 11.3 Å². The van der Waals surface area contributed by atoms with Gasteiger partial charge in [-0.05, 0) is 12.3 Å². The molecule has 0 radical (unpaired) electrons. The van der Waals surface area contributed by atoms with Gasteiger partial charge in [-0.1, -0.05) is 24.7 Å². The molecule has 1 saturated carbocycles. The molecule has 0 spiro atoms. The standard InChI is InChI=1S/C9H14N4OS/c1-3-5-4-6(5)11-7(14)8-12-13-9(10-2)15-8/h5-6H,3-4H2,1-2H3,(H,10,13)(H,11,14). The lowest BCUT2D eigenvalue weighted by atomic mass is 10.3. The Morgan fingerprint density at radius 3 is 2.93 bits per heavy atom. The van der Waals surface area contributed by atoms with E-state index in [9.17, 15) is 4.79 Å². The normalized spacial score (nSPS) is 23.6. The van der Waals surface area contributed by atoms with E-state index in [0.717, 1.165) is 12.8 Å². The first-order valence-corrected chi connectivity index (χ1v) is 5.88. The van der Waals surface area contributed by atoms with Gasteiger partial charge in [-0.25, -0.2) is 0 Å². The summed E-state index contributed by atoms with van der Waals surface area (Å²) >= 11 is 1.27. The first kappa shape index (κ1) is 10.4. The van der Waals surface area contributed by atoms with Crippen molar-refractivity contribution in [3.8, 4) is 0 Å². The van der Waals surface area contributed by atoms with Crippen LogP contribution in [-0.4, -0.2) is 29.2 Å². The number of hydrogen-bond acceptors (Lipinski definition) is 5. The average molecular weight is 226 g/mol. The van der Waals surface area contributed by atoms with Crippen LogP contribution in [0.1, 0.15) is 29.6 Å². The molecule has 0 aliphatic heterocycles. The molecule has 6 heteroatoms. The highest BCUT2D eigenvalue weighted by molar-refractivity contribution is 7.17. The third-order valence-corrected chi connectivity index (χ3v) is 3.54. The van der Waals surface area contributed by atoms with E-state index in [1.807, 2.05) is 0 Å². The maximum absolute atomic E-state index is 11.7. The van der Waals surface area contributed by atoms with Crippen molar-refractivity contribution in [1.29, 1.82) is 0 Å². The zero-order valence-corrected chi connectivity index (χ0v) is 9.60. The Balaban J connectivity index is 1.91. The van der Waals surface area contributed by atoms with E-state index in [-0.39, 0.29) is 5.91 Å². The van der Waals surface area contributed by atoms with Gasteiger partial charge in [0, 0.05) is 13.1 Å². The number of anilines is 1. The molecule has 1 aromatic heterocycles. The average Bonchev–Trinajstić information content (AvgIpc) is 2.81. The van der Waals surface area contributed by atoms with Crippen LogP contribution in [0.5, 0.6) is 0 Å². The maximum Gasteiger partial charge on any atom is 0.282 e. The monoisotopic (exact) mass is 226 g/mol. The third-order valence-electron chi connectivity index (χ3n) is 2.60. The van der Waals surface area contributed by atoms with Crippen molar-refractivity contribution in [3.63, 3.8) is 0 Å². The van der Waals surface area contributed by atoms with Crippen LogP contribution in [0.15, 0.2) is 0 Å². The van der Waals surface area contributed by atoms with Crippen LogP contribution in [0, 0.1) is 5.92 Å². The second-order valence-corrected chi connectivity index (χ2v) is 4.62. The number of carbonyl (C=O) groups excluding carboxylic acids is 1. The summed E-state index contributed by atoms with van der Waals surface area (Å²) in [5, 5.41) is 14.5. The van der Waals surface area contributed by atoms with Gasteiger partial charge in [0.15, 0.2) is 0 Å². The fourth-order valence-electron chi connectivity index (χ4n) is 1.52. The Morgan fingerprint density at radius 1 is 1.60 bits per heavy atom. The predicted molar refractivity (Wildman–Crippen MR) is 59.1 cm³/mol. The van der Waals surface area contributed by atoms with Crippen molar-refractivity contribution in [1.82, 2.24) is 15.5 Å². The van der Waals surface area contributed by atoms with Gasteiger partial charge in [0.05, 0.1) is 0 Å². The summed E-state index contributed by atoms with van der Waals surface area (Å²) in [6, 6.07) is 0.351. The minimum atomic E-state index is -0.102. The molecule has 2 rings (SSSR count). The molecule has 1 amide bonds. The highest BCUT2D eigenvalue weighted by atomic mass is 32.1. The summed E-state index contributed by atoms with van der Waals surface area (Å²) in [6.45, 7) is 2.14. The lowest BCUT2D eigenvalue weighted by Crippen LogP contribution is -2.26. The van der Waals surface area contributed by atoms with Crippen LogP contribution in [0.25, 0.3) is 0 Å². The second kappa shape index (κ2) is 4.14. The smallest absolute Gasteiger partial charge is 0.282 e. The predicted octanol–water partition coefficient (Wildman–Crippen LogP) is 1.11. The van der Waals surface area contributed by atoms with Crippen molar-refractivity contribution in [2.45, 2.75) is 25.8 Å². The van der Waals surface area contributed by atoms with Crippen molar-refractivity contribution in [2.75, 3.05) is 12.4 Å². The fourth-order valence-corrected chi connectivity index (χ4v) is 2.12. The highest BCUT2D eigenvalue weighted by Crippen LogP contribution is 2.33. The summed E-state index contributed by atoms with van der Waals surface area (Å²) in [4.78, 5) is 11.7. The molecule has 0 bridgehead atoms. The number of nitrogens with zero attached hydrogens (tertiary/aromatic N) is 2. The zero-order valence-electron chi connectivity index (χ0n) is 8.78. The number of rotatable bonds is 4. The molecular weight excluding hydrogens is 212 g/mol. The van der Waals surface area contributed by atoms with Gasteiger partial charge in [0.25, 0.3) is 5.91 Å². The SMILES string of the molecule is CCC1CC1NC(=O)c1nnc(NC)s1. The zero-order chi connectivity index (χ0) is 10.8. The molecule has 82 valence electrons. The van der Waals surface area contributed by atoms with Crippen LogP contribution in [0.2, 0.25) is 0 Å². The van der Waals surface area contributed by atoms with Crippen LogP contribution in [0.3, 0.4) is 0 Å². The molecule has 0 aromatic carbocycles. The van der Waals surface area contributed by atoms with Crippen molar-refractivity contribution < 1.29 is 4.79 Å². The lowest BCUT2D eigenvalue weighted by molar-refractivity contribution is 0.0948. The molecule has 0 saturated heterocycles. The number of amides is 1. The summed E-state index contributed by atoms with van der Waals surface area (Å²) in [5.41, 5.74) is 0. The first-order valence-electron chi connectivity index (χ1n) is 5.06. The number of nitrogens with one attached hydrogen (secondary N) is 2. The Hall–Kier alpha value is -1.17. The molecule has 1 aliphatic rings. The molecule has 1 heterocycles. The van der Waals surface area contributed by atoms with Gasteiger partial charge in [-0.2, -0.15) is 0 Å². The van der Waals surface area contributed by atoms with Gasteiger partial charge in [-0.15, -0.1) is 10.2 Å². The second-order valence-electron chi connectivity index (χ2n) is 3.65. The summed E-state index contributed by atoms with van der Waals surface area (Å²) in [7, 11) is 1.76. The molecule has 15 heavy (non-hydrogen) atoms. The largest absolute Gasteiger partial charge is 0.363 e. The van der Waals surface area contributed by atoms with Gasteiger partial charge in [-0.3, -0.25) is 4.79 Å². The topological polar surface area (TPSA) is 66.9 Å². The van der Waals surface area contributed by atoms with Crippen LogP contribution >= 0.6 is 11.3 Å². The quantitative estimate of drug-likeness (QED) is 0.807. The summed E-state index contributed by atoms with van der Waals surface area (Å²) in [6.07, 6.45) is 2.22. The molecule has 5 nitrogen and oxygen atoms in total. The van der Waals surface area contributed by atoms with E-state index >= 15 is 0 Å². The van der Waals surface area contributed by atoms with Gasteiger partial charge < -0.3 is 10.6 Å². The molecule has 2 atom stereocenters. The summed E-state index contributed by atoms with van der Waals surface area (Å²) < 4.78 is 0. The number of aromatic nitrogens is 2. The third kappa shape index (κ3) is 2.26. The van der Waals surface area contributed by atoms with Crippen LogP contribution < -0.4 is 10.6 Å². The molecule has 1 aromatic rings. The Labute approximate surface area is 92.3 Å². The molecule has 1 fully saturated rings. The number of carbonyl (C=O) groups is 1. The molecule has 2 unspecified atom stereocenters. The van der Waals surface area contributed by atoms with Crippen molar-refractivity contribution in [3.05, 3.63) is 5.01 Å². The van der Waals surface area contributed by atoms with E-state index in [0.29, 0.717) is 22.1 Å². The van der Waals surface area contributed by atoms with Crippen molar-refractivity contribution >= 4 is 22.4 Å². The van der Waals surface area contributed by atoms with Crippen LogP contribution in [-0.2, 0) is 0 Å². The number of hydrogen-bond donors (Lipinski definition) is 2. The molecular formula is C9H14N4OS. The molecule has 1 aliphatic carbocycles. The van der Waals surface area contributed by atoms with E-state index in [1.54, 1.807) is 7.05 Å². The van der Waals surface area contributed by atoms with E-state index < -0.39 is 0 Å². The lowest BCUT2D eigenvalue weighted by Gasteiger charge is -1.99. The van der Waals surface area contributed by atoms with Gasteiger partial charge in [0.1, 0.15) is 0 Å². The minimum Gasteiger partial charge on any atom is -0.363 e. The summed E-state index contributed by atoms with van der Waals surface area (Å²) in [5.74, 6) is 0.556. The highest BCUT2D eigenvalue weighted by Gasteiger charge is 2.37. The van der Waals surface area contributed by atoms with Crippen LogP contribution in [0.4, 0.5) is 5.13 Å². The first-order chi connectivity index (χ1) is 7.24. The van der Waals surface area contributed by atoms with Gasteiger partial charge >= 0.3 is 0 Å². The van der Waals surface area contributed by atoms with E-state index in [4.69, 9.17) is 0 Å². The maximum atomic E-state index is 11.7. The van der Waals surface area contributed by atoms with E-state index in [2.05, 4.69) is 27.8 Å².